The van der Waals surface area contributed by atoms with Crippen LogP contribution in [-0.2, 0) is 6.42 Å². The van der Waals surface area contributed by atoms with E-state index in [1.807, 2.05) is 6.92 Å². The minimum absolute atomic E-state index is 0.0248. The topological polar surface area (TPSA) is 80.0 Å². The van der Waals surface area contributed by atoms with E-state index in [0.29, 0.717) is 11.4 Å². The number of nitrogen functional groups attached to an aromatic ring is 1. The molecule has 0 spiro atoms. The predicted octanol–water partition coefficient (Wildman–Crippen LogP) is 2.75. The lowest BCUT2D eigenvalue weighted by Crippen LogP contribution is -2.34. The van der Waals surface area contributed by atoms with E-state index in [9.17, 15) is 4.79 Å². The molecule has 2 aromatic rings. The maximum absolute atomic E-state index is 12.2. The molecule has 0 aromatic carbocycles. The Labute approximate surface area is 132 Å². The third kappa shape index (κ3) is 4.42. The molecule has 2 aromatic heterocycles. The highest BCUT2D eigenvalue weighted by Gasteiger charge is 2.13. The standard InChI is InChI=1S/C14H17ClN4OS/c1-8(5-11-4-3-9(2)21-11)17-14(20)10-6-12(15)18-13(7-10)19-16/h3-4,6-8H,5,16H2,1-2H3,(H,17,20)(H,18,19). The number of halogens is 1. The van der Waals surface area contributed by atoms with Gasteiger partial charge in [-0.05, 0) is 38.1 Å². The van der Waals surface area contributed by atoms with Crippen molar-refractivity contribution in [3.8, 4) is 0 Å². The lowest BCUT2D eigenvalue weighted by molar-refractivity contribution is 0.0940. The van der Waals surface area contributed by atoms with Crippen LogP contribution >= 0.6 is 22.9 Å². The maximum atomic E-state index is 12.2. The largest absolute Gasteiger partial charge is 0.349 e. The van der Waals surface area contributed by atoms with Gasteiger partial charge >= 0.3 is 0 Å². The average Bonchev–Trinajstić information content (AvgIpc) is 2.83. The van der Waals surface area contributed by atoms with Gasteiger partial charge in [0.2, 0.25) is 0 Å². The number of thiophene rings is 1. The molecule has 112 valence electrons. The molecule has 1 atom stereocenters. The molecule has 0 saturated carbocycles. The Morgan fingerprint density at radius 2 is 2.24 bits per heavy atom. The van der Waals surface area contributed by atoms with Crippen LogP contribution in [0.15, 0.2) is 24.3 Å². The van der Waals surface area contributed by atoms with Crippen LogP contribution < -0.4 is 16.6 Å². The summed E-state index contributed by atoms with van der Waals surface area (Å²) in [5.41, 5.74) is 2.81. The first kappa shape index (κ1) is 15.8. The molecule has 0 aliphatic rings. The van der Waals surface area contributed by atoms with Crippen molar-refractivity contribution in [3.63, 3.8) is 0 Å². The van der Waals surface area contributed by atoms with Gasteiger partial charge in [-0.2, -0.15) is 0 Å². The van der Waals surface area contributed by atoms with E-state index in [-0.39, 0.29) is 17.1 Å². The van der Waals surface area contributed by atoms with Crippen LogP contribution in [0, 0.1) is 6.92 Å². The molecule has 0 fully saturated rings. The Balaban J connectivity index is 2.02. The quantitative estimate of drug-likeness (QED) is 0.449. The van der Waals surface area contributed by atoms with Crippen LogP contribution in [0.5, 0.6) is 0 Å². The van der Waals surface area contributed by atoms with Crippen LogP contribution in [0.1, 0.15) is 27.0 Å². The van der Waals surface area contributed by atoms with Gasteiger partial charge in [0.1, 0.15) is 11.0 Å². The number of nitrogens with one attached hydrogen (secondary N) is 2. The fraction of sp³-hybridized carbons (Fsp3) is 0.286. The summed E-state index contributed by atoms with van der Waals surface area (Å²) >= 11 is 7.60. The molecule has 0 saturated heterocycles. The van der Waals surface area contributed by atoms with Crippen LogP contribution in [0.3, 0.4) is 0 Å². The van der Waals surface area contributed by atoms with Gasteiger partial charge in [-0.3, -0.25) is 4.79 Å². The number of nitrogens with two attached hydrogens (primary N) is 1. The van der Waals surface area contributed by atoms with E-state index < -0.39 is 0 Å². The second kappa shape index (κ2) is 6.89. The normalized spacial score (nSPS) is 12.0. The van der Waals surface area contributed by atoms with Gasteiger partial charge in [0, 0.05) is 27.8 Å². The first-order chi connectivity index (χ1) is 9.97. The number of rotatable bonds is 5. The second-order valence-corrected chi connectivity index (χ2v) is 6.56. The number of aromatic nitrogens is 1. The third-order valence-electron chi connectivity index (χ3n) is 2.89. The van der Waals surface area contributed by atoms with Crippen LogP contribution in [0.2, 0.25) is 5.15 Å². The van der Waals surface area contributed by atoms with E-state index in [1.54, 1.807) is 17.4 Å². The Kier molecular flexibility index (Phi) is 5.17. The van der Waals surface area contributed by atoms with Crippen molar-refractivity contribution >= 4 is 34.7 Å². The van der Waals surface area contributed by atoms with Crippen molar-refractivity contribution in [2.45, 2.75) is 26.3 Å². The second-order valence-electron chi connectivity index (χ2n) is 4.80. The summed E-state index contributed by atoms with van der Waals surface area (Å²) in [6.45, 7) is 4.04. The number of amides is 1. The number of anilines is 1. The zero-order valence-corrected chi connectivity index (χ0v) is 13.4. The number of carbonyl (C=O) groups excluding carboxylic acids is 1. The van der Waals surface area contributed by atoms with Crippen molar-refractivity contribution in [3.05, 3.63) is 44.7 Å². The highest BCUT2D eigenvalue weighted by molar-refractivity contribution is 7.11. The number of hydrogen-bond acceptors (Lipinski definition) is 5. The molecule has 0 radical (unpaired) electrons. The smallest absolute Gasteiger partial charge is 0.251 e. The molecule has 1 unspecified atom stereocenters. The minimum atomic E-state index is -0.198. The van der Waals surface area contributed by atoms with Crippen LogP contribution in [0.25, 0.3) is 0 Å². The molecule has 7 heteroatoms. The van der Waals surface area contributed by atoms with Crippen molar-refractivity contribution in [2.24, 2.45) is 5.84 Å². The fourth-order valence-electron chi connectivity index (χ4n) is 1.96. The molecule has 0 aliphatic heterocycles. The highest BCUT2D eigenvalue weighted by Crippen LogP contribution is 2.17. The minimum Gasteiger partial charge on any atom is -0.349 e. The molecule has 0 bridgehead atoms. The zero-order valence-electron chi connectivity index (χ0n) is 11.8. The van der Waals surface area contributed by atoms with Crippen molar-refractivity contribution in [2.75, 3.05) is 5.43 Å². The van der Waals surface area contributed by atoms with E-state index in [4.69, 9.17) is 17.4 Å². The monoisotopic (exact) mass is 324 g/mol. The summed E-state index contributed by atoms with van der Waals surface area (Å²) in [4.78, 5) is 18.7. The number of hydrogen-bond donors (Lipinski definition) is 3. The van der Waals surface area contributed by atoms with E-state index in [0.717, 1.165) is 6.42 Å². The van der Waals surface area contributed by atoms with Gasteiger partial charge < -0.3 is 10.7 Å². The average molecular weight is 325 g/mol. The summed E-state index contributed by atoms with van der Waals surface area (Å²) in [6, 6.07) is 7.26. The Hall–Kier alpha value is -1.63. The molecule has 21 heavy (non-hydrogen) atoms. The summed E-state index contributed by atoms with van der Waals surface area (Å²) in [6.07, 6.45) is 0.797. The van der Waals surface area contributed by atoms with Crippen molar-refractivity contribution in [1.82, 2.24) is 10.3 Å². The van der Waals surface area contributed by atoms with Gasteiger partial charge in [-0.15, -0.1) is 11.3 Å². The zero-order chi connectivity index (χ0) is 15.4. The molecular formula is C14H17ClN4OS. The summed E-state index contributed by atoms with van der Waals surface area (Å²) in [7, 11) is 0. The molecule has 4 N–H and O–H groups in total. The summed E-state index contributed by atoms with van der Waals surface area (Å²) < 4.78 is 0. The van der Waals surface area contributed by atoms with Crippen LogP contribution in [-0.4, -0.2) is 16.9 Å². The first-order valence-corrected chi connectivity index (χ1v) is 7.67. The lowest BCUT2D eigenvalue weighted by atomic mass is 10.2. The Morgan fingerprint density at radius 3 is 2.86 bits per heavy atom. The van der Waals surface area contributed by atoms with Gasteiger partial charge in [-0.1, -0.05) is 11.6 Å². The van der Waals surface area contributed by atoms with Gasteiger partial charge in [-0.25, -0.2) is 10.8 Å². The van der Waals surface area contributed by atoms with Gasteiger partial charge in [0.05, 0.1) is 0 Å². The van der Waals surface area contributed by atoms with Crippen LogP contribution in [0.4, 0.5) is 5.82 Å². The van der Waals surface area contributed by atoms with E-state index in [1.165, 1.54) is 15.8 Å². The van der Waals surface area contributed by atoms with E-state index in [2.05, 4.69) is 34.8 Å². The Morgan fingerprint density at radius 1 is 1.48 bits per heavy atom. The third-order valence-corrected chi connectivity index (χ3v) is 4.10. The SMILES string of the molecule is Cc1ccc(CC(C)NC(=O)c2cc(Cl)nc(NN)c2)s1. The van der Waals surface area contributed by atoms with Gasteiger partial charge in [0.25, 0.3) is 5.91 Å². The Bertz CT molecular complexity index is 644. The maximum Gasteiger partial charge on any atom is 0.251 e. The molecule has 5 nitrogen and oxygen atoms in total. The molecule has 1 amide bonds. The molecule has 2 heterocycles. The predicted molar refractivity (Wildman–Crippen MR) is 86.7 cm³/mol. The summed E-state index contributed by atoms with van der Waals surface area (Å²) in [5, 5.41) is 3.16. The molecular weight excluding hydrogens is 308 g/mol. The summed E-state index contributed by atoms with van der Waals surface area (Å²) in [5.74, 6) is 5.45. The number of nitrogens with zero attached hydrogens (tertiary/aromatic N) is 1. The lowest BCUT2D eigenvalue weighted by Gasteiger charge is -2.13. The van der Waals surface area contributed by atoms with Gasteiger partial charge in [0.15, 0.2) is 0 Å². The number of pyridine rings is 1. The number of aryl methyl sites for hydroxylation is 1. The first-order valence-electron chi connectivity index (χ1n) is 6.48. The van der Waals surface area contributed by atoms with E-state index >= 15 is 0 Å². The highest BCUT2D eigenvalue weighted by atomic mass is 35.5. The molecule has 0 aliphatic carbocycles. The van der Waals surface area contributed by atoms with Crippen molar-refractivity contribution in [1.29, 1.82) is 0 Å². The number of hydrazine groups is 1. The molecule has 2 rings (SSSR count). The van der Waals surface area contributed by atoms with Crippen molar-refractivity contribution < 1.29 is 4.79 Å². The fourth-order valence-corrected chi connectivity index (χ4v) is 3.18. The number of carbonyl (C=O) groups is 1.